The van der Waals surface area contributed by atoms with Crippen molar-refractivity contribution in [3.05, 3.63) is 77.9 Å². The van der Waals surface area contributed by atoms with Gasteiger partial charge in [0.05, 0.1) is 6.61 Å². The molecule has 3 amide bonds. The van der Waals surface area contributed by atoms with Gasteiger partial charge in [-0.05, 0) is 42.7 Å². The number of amides is 3. The molecule has 0 fully saturated rings. The summed E-state index contributed by atoms with van der Waals surface area (Å²) in [5.74, 6) is -0.660. The minimum atomic E-state index is -0.886. The molecule has 0 aliphatic heterocycles. The highest BCUT2D eigenvalue weighted by molar-refractivity contribution is 6.02. The molecule has 0 spiro atoms. The van der Waals surface area contributed by atoms with Gasteiger partial charge in [0.1, 0.15) is 18.5 Å². The van der Waals surface area contributed by atoms with Crippen LogP contribution in [0.2, 0.25) is 0 Å². The Morgan fingerprint density at radius 3 is 2.35 bits per heavy atom. The van der Waals surface area contributed by atoms with Crippen LogP contribution >= 0.6 is 0 Å². The molecule has 2 rings (SSSR count). The van der Waals surface area contributed by atoms with Gasteiger partial charge in [-0.25, -0.2) is 10.3 Å². The molecule has 0 saturated carbocycles. The first kappa shape index (κ1) is 26.6. The van der Waals surface area contributed by atoms with E-state index in [1.54, 1.807) is 60.7 Å². The number of carbonyl (C=O) groups is 3. The second kappa shape index (κ2) is 13.1. The lowest BCUT2D eigenvalue weighted by Gasteiger charge is -2.34. The molecule has 0 heterocycles. The molecule has 1 atom stereocenters. The maximum Gasteiger partial charge on any atom is 0.414 e. The van der Waals surface area contributed by atoms with E-state index in [4.69, 9.17) is 19.8 Å². The molecule has 34 heavy (non-hydrogen) atoms. The molecular formula is C25H30N2O7. The van der Waals surface area contributed by atoms with Gasteiger partial charge in [-0.2, -0.15) is 0 Å². The molecule has 0 unspecified atom stereocenters. The number of hydrogen-bond donors (Lipinski definition) is 4. The van der Waals surface area contributed by atoms with Crippen LogP contribution in [-0.2, 0) is 9.53 Å². The van der Waals surface area contributed by atoms with Crippen LogP contribution in [-0.4, -0.2) is 41.4 Å². The first-order chi connectivity index (χ1) is 16.3. The summed E-state index contributed by atoms with van der Waals surface area (Å²) < 4.78 is 11.1. The first-order valence-corrected chi connectivity index (χ1v) is 10.8. The van der Waals surface area contributed by atoms with Crippen molar-refractivity contribution in [3.63, 3.8) is 0 Å². The van der Waals surface area contributed by atoms with Gasteiger partial charge in [0, 0.05) is 17.1 Å². The summed E-state index contributed by atoms with van der Waals surface area (Å²) in [7, 11) is 0. The third-order valence-electron chi connectivity index (χ3n) is 5.06. The van der Waals surface area contributed by atoms with Crippen molar-refractivity contribution in [1.82, 2.24) is 10.8 Å². The normalized spacial score (nSPS) is 12.1. The Morgan fingerprint density at radius 2 is 1.74 bits per heavy atom. The highest BCUT2D eigenvalue weighted by Gasteiger charge is 2.34. The van der Waals surface area contributed by atoms with E-state index in [2.05, 4.69) is 5.32 Å². The van der Waals surface area contributed by atoms with Crippen LogP contribution in [0.15, 0.2) is 66.7 Å². The van der Waals surface area contributed by atoms with E-state index in [-0.39, 0.29) is 13.2 Å². The molecule has 0 aromatic heterocycles. The fraction of sp³-hybridized carbons (Fsp3) is 0.320. The lowest BCUT2D eigenvalue weighted by Crippen LogP contribution is -2.35. The van der Waals surface area contributed by atoms with Gasteiger partial charge in [0.2, 0.25) is 0 Å². The molecule has 9 heteroatoms. The van der Waals surface area contributed by atoms with Gasteiger partial charge in [0.25, 0.3) is 11.8 Å². The van der Waals surface area contributed by atoms with Crippen molar-refractivity contribution in [2.75, 3.05) is 13.2 Å². The molecule has 0 aliphatic carbocycles. The predicted octanol–water partition coefficient (Wildman–Crippen LogP) is 3.53. The Hall–Kier alpha value is -3.69. The summed E-state index contributed by atoms with van der Waals surface area (Å²) >= 11 is 0. The van der Waals surface area contributed by atoms with E-state index < -0.39 is 29.4 Å². The minimum absolute atomic E-state index is 0.113. The fourth-order valence-corrected chi connectivity index (χ4v) is 3.29. The Morgan fingerprint density at radius 1 is 1.06 bits per heavy atom. The lowest BCUT2D eigenvalue weighted by molar-refractivity contribution is -0.124. The lowest BCUT2D eigenvalue weighted by atomic mass is 9.78. The molecular weight excluding hydrogens is 440 g/mol. The summed E-state index contributed by atoms with van der Waals surface area (Å²) in [5, 5.41) is 19.8. The molecule has 182 valence electrons. The largest absolute Gasteiger partial charge is 0.491 e. The first-order valence-electron chi connectivity index (χ1n) is 10.8. The molecule has 0 aliphatic rings. The summed E-state index contributed by atoms with van der Waals surface area (Å²) in [4.78, 5) is 36.2. The van der Waals surface area contributed by atoms with Crippen molar-refractivity contribution in [2.24, 2.45) is 5.41 Å². The highest BCUT2D eigenvalue weighted by Crippen LogP contribution is 2.41. The van der Waals surface area contributed by atoms with Gasteiger partial charge < -0.3 is 14.6 Å². The number of allylic oxidation sites excluding steroid dienone is 1. The topological polar surface area (TPSA) is 134 Å². The van der Waals surface area contributed by atoms with Crippen molar-refractivity contribution in [1.29, 1.82) is 0 Å². The monoisotopic (exact) mass is 470 g/mol. The minimum Gasteiger partial charge on any atom is -0.491 e. The summed E-state index contributed by atoms with van der Waals surface area (Å²) in [6, 6.07) is 15.2. The van der Waals surface area contributed by atoms with Crippen LogP contribution in [0.3, 0.4) is 0 Å². The van der Waals surface area contributed by atoms with Gasteiger partial charge >= 0.3 is 6.09 Å². The standard InChI is InChI=1S/C25H30N2O7/c1-25(2,15-7-6-10-21(29)27-32)22(18-11-13-20(14-12-18)33-17-16-28)34-24(31)26-23(30)19-8-4-3-5-9-19/h3-6,8-14,22,28,32H,7,15-17H2,1-2H3,(H,27,29)(H,26,30,31)/b10-6+/t22-/m0/s1. The van der Waals surface area contributed by atoms with Crippen molar-refractivity contribution < 1.29 is 34.2 Å². The van der Waals surface area contributed by atoms with Crippen LogP contribution in [0.4, 0.5) is 4.79 Å². The molecule has 2 aromatic carbocycles. The van der Waals surface area contributed by atoms with Crippen molar-refractivity contribution in [2.45, 2.75) is 32.8 Å². The van der Waals surface area contributed by atoms with Crippen molar-refractivity contribution in [3.8, 4) is 5.75 Å². The number of ether oxygens (including phenoxy) is 2. The maximum absolute atomic E-state index is 12.6. The number of imide groups is 1. The second-order valence-corrected chi connectivity index (χ2v) is 8.15. The zero-order chi connectivity index (χ0) is 25.0. The molecule has 0 bridgehead atoms. The molecule has 0 saturated heterocycles. The molecule has 2 aromatic rings. The van der Waals surface area contributed by atoms with Crippen LogP contribution in [0.1, 0.15) is 48.7 Å². The van der Waals surface area contributed by atoms with Gasteiger partial charge in [-0.15, -0.1) is 0 Å². The molecule has 0 radical (unpaired) electrons. The Kier molecular flexibility index (Phi) is 10.3. The second-order valence-electron chi connectivity index (χ2n) is 8.15. The zero-order valence-electron chi connectivity index (χ0n) is 19.2. The SMILES string of the molecule is CC(C)(CC/C=C/C(=O)NO)[C@@H](OC(=O)NC(=O)c1ccccc1)c1ccc(OCCO)cc1. The van der Waals surface area contributed by atoms with Crippen LogP contribution in [0.25, 0.3) is 0 Å². The van der Waals surface area contributed by atoms with E-state index in [9.17, 15) is 14.4 Å². The zero-order valence-corrected chi connectivity index (χ0v) is 19.2. The summed E-state index contributed by atoms with van der Waals surface area (Å²) in [6.45, 7) is 3.85. The van der Waals surface area contributed by atoms with Gasteiger partial charge in [-0.1, -0.05) is 50.3 Å². The third kappa shape index (κ3) is 8.34. The van der Waals surface area contributed by atoms with E-state index in [0.29, 0.717) is 29.7 Å². The third-order valence-corrected chi connectivity index (χ3v) is 5.06. The van der Waals surface area contributed by atoms with Crippen LogP contribution in [0.5, 0.6) is 5.75 Å². The van der Waals surface area contributed by atoms with Gasteiger partial charge in [-0.3, -0.25) is 20.1 Å². The molecule has 9 nitrogen and oxygen atoms in total. The van der Waals surface area contributed by atoms with Gasteiger partial charge in [0.15, 0.2) is 0 Å². The molecule has 4 N–H and O–H groups in total. The van der Waals surface area contributed by atoms with E-state index in [0.717, 1.165) is 0 Å². The quantitative estimate of drug-likeness (QED) is 0.224. The number of alkyl carbamates (subject to hydrolysis) is 1. The number of nitrogens with one attached hydrogen (secondary N) is 2. The maximum atomic E-state index is 12.6. The van der Waals surface area contributed by atoms with E-state index in [1.165, 1.54) is 11.6 Å². The smallest absolute Gasteiger partial charge is 0.414 e. The van der Waals surface area contributed by atoms with E-state index >= 15 is 0 Å². The average Bonchev–Trinajstić information content (AvgIpc) is 2.84. The number of aliphatic hydroxyl groups excluding tert-OH is 1. The van der Waals surface area contributed by atoms with Crippen LogP contribution in [0, 0.1) is 5.41 Å². The Labute approximate surface area is 198 Å². The number of hydrogen-bond acceptors (Lipinski definition) is 7. The fourth-order valence-electron chi connectivity index (χ4n) is 3.29. The number of benzene rings is 2. The summed E-state index contributed by atoms with van der Waals surface area (Å²) in [6.07, 6.45) is 2.20. The number of carbonyl (C=O) groups excluding carboxylic acids is 3. The Bertz CT molecular complexity index is 973. The van der Waals surface area contributed by atoms with Crippen molar-refractivity contribution >= 4 is 17.9 Å². The van der Waals surface area contributed by atoms with Crippen LogP contribution < -0.4 is 15.5 Å². The number of rotatable bonds is 11. The number of aliphatic hydroxyl groups is 1. The number of hydroxylamine groups is 1. The highest BCUT2D eigenvalue weighted by atomic mass is 16.6. The van der Waals surface area contributed by atoms with E-state index in [1.807, 2.05) is 13.8 Å². The predicted molar refractivity (Wildman–Crippen MR) is 124 cm³/mol. The Balaban J connectivity index is 2.18. The summed E-state index contributed by atoms with van der Waals surface area (Å²) in [5.41, 5.74) is 1.94. The average molecular weight is 471 g/mol.